The molecule has 6 nitrogen and oxygen atoms in total. The first-order valence-electron chi connectivity index (χ1n) is 8.43. The van der Waals surface area contributed by atoms with Crippen LogP contribution in [0.2, 0.25) is 0 Å². The molecule has 1 fully saturated rings. The largest absolute Gasteiger partial charge is 0.454 e. The van der Waals surface area contributed by atoms with Gasteiger partial charge in [-0.05, 0) is 31.0 Å². The summed E-state index contributed by atoms with van der Waals surface area (Å²) in [6, 6.07) is 7.47. The Labute approximate surface area is 140 Å². The number of rotatable bonds is 4. The zero-order valence-electron chi connectivity index (χ0n) is 13.4. The van der Waals surface area contributed by atoms with Crippen molar-refractivity contribution in [2.75, 3.05) is 6.79 Å². The van der Waals surface area contributed by atoms with Gasteiger partial charge in [-0.2, -0.15) is 0 Å². The molecule has 1 aromatic carbocycles. The standard InChI is InChI=1S/C18H20N2O4/c21-18(12-4-2-1-3-5-12)19-10-14-9-16(24-20-14)13-6-7-15-17(8-13)23-11-22-15/h6-9,12H,1-5,10-11H2,(H,19,21). The lowest BCUT2D eigenvalue weighted by Gasteiger charge is -2.20. The number of benzene rings is 1. The number of nitrogens with one attached hydrogen (secondary N) is 1. The van der Waals surface area contributed by atoms with Gasteiger partial charge in [0, 0.05) is 17.5 Å². The van der Waals surface area contributed by atoms with Crippen molar-refractivity contribution in [3.63, 3.8) is 0 Å². The molecule has 0 bridgehead atoms. The van der Waals surface area contributed by atoms with Gasteiger partial charge in [-0.3, -0.25) is 4.79 Å². The van der Waals surface area contributed by atoms with E-state index in [2.05, 4.69) is 10.5 Å². The Morgan fingerprint density at radius 2 is 1.96 bits per heavy atom. The molecule has 0 saturated heterocycles. The van der Waals surface area contributed by atoms with E-state index in [1.807, 2.05) is 24.3 Å². The van der Waals surface area contributed by atoms with Crippen LogP contribution in [0.3, 0.4) is 0 Å². The highest BCUT2D eigenvalue weighted by atomic mass is 16.7. The lowest BCUT2D eigenvalue weighted by atomic mass is 9.89. The van der Waals surface area contributed by atoms with E-state index in [1.54, 1.807) is 0 Å². The maximum absolute atomic E-state index is 12.2. The molecule has 1 N–H and O–H groups in total. The van der Waals surface area contributed by atoms with Gasteiger partial charge in [-0.1, -0.05) is 24.4 Å². The van der Waals surface area contributed by atoms with Crippen LogP contribution in [0.4, 0.5) is 0 Å². The summed E-state index contributed by atoms with van der Waals surface area (Å²) in [6.07, 6.45) is 5.53. The molecule has 0 atom stereocenters. The number of nitrogens with zero attached hydrogens (tertiary/aromatic N) is 1. The normalized spacial score (nSPS) is 17.0. The highest BCUT2D eigenvalue weighted by molar-refractivity contribution is 5.78. The minimum absolute atomic E-state index is 0.127. The van der Waals surface area contributed by atoms with Crippen molar-refractivity contribution in [2.45, 2.75) is 38.6 Å². The summed E-state index contributed by atoms with van der Waals surface area (Å²) < 4.78 is 16.1. The van der Waals surface area contributed by atoms with E-state index in [9.17, 15) is 4.79 Å². The Morgan fingerprint density at radius 3 is 2.83 bits per heavy atom. The first-order valence-corrected chi connectivity index (χ1v) is 8.43. The Morgan fingerprint density at radius 1 is 1.12 bits per heavy atom. The van der Waals surface area contributed by atoms with Crippen LogP contribution in [0.25, 0.3) is 11.3 Å². The lowest BCUT2D eigenvalue weighted by molar-refractivity contribution is -0.126. The second kappa shape index (κ2) is 6.55. The molecule has 1 aromatic heterocycles. The first kappa shape index (κ1) is 15.1. The van der Waals surface area contributed by atoms with Gasteiger partial charge in [-0.15, -0.1) is 0 Å². The molecule has 0 spiro atoms. The van der Waals surface area contributed by atoms with E-state index in [1.165, 1.54) is 6.42 Å². The van der Waals surface area contributed by atoms with Gasteiger partial charge in [0.1, 0.15) is 5.69 Å². The molecule has 1 aliphatic heterocycles. The second-order valence-electron chi connectivity index (χ2n) is 6.30. The number of hydrogen-bond acceptors (Lipinski definition) is 5. The van der Waals surface area contributed by atoms with Crippen molar-refractivity contribution >= 4 is 5.91 Å². The third kappa shape index (κ3) is 3.09. The predicted molar refractivity (Wildman–Crippen MR) is 86.5 cm³/mol. The summed E-state index contributed by atoms with van der Waals surface area (Å²) in [5.41, 5.74) is 1.59. The smallest absolute Gasteiger partial charge is 0.231 e. The van der Waals surface area contributed by atoms with E-state index in [0.717, 1.165) is 37.0 Å². The monoisotopic (exact) mass is 328 g/mol. The number of ether oxygens (including phenoxy) is 2. The van der Waals surface area contributed by atoms with Gasteiger partial charge in [0.05, 0.1) is 6.54 Å². The van der Waals surface area contributed by atoms with Crippen LogP contribution in [0.1, 0.15) is 37.8 Å². The van der Waals surface area contributed by atoms with Crippen molar-refractivity contribution < 1.29 is 18.8 Å². The molecule has 1 saturated carbocycles. The SMILES string of the molecule is O=C(NCc1cc(-c2ccc3c(c2)OCO3)on1)C1CCCCC1. The number of carbonyl (C=O) groups is 1. The van der Waals surface area contributed by atoms with Crippen molar-refractivity contribution in [1.82, 2.24) is 10.5 Å². The van der Waals surface area contributed by atoms with Crippen molar-refractivity contribution in [1.29, 1.82) is 0 Å². The number of amides is 1. The Hall–Kier alpha value is -2.50. The van der Waals surface area contributed by atoms with Crippen LogP contribution < -0.4 is 14.8 Å². The molecule has 2 aliphatic rings. The maximum Gasteiger partial charge on any atom is 0.231 e. The number of carbonyl (C=O) groups excluding carboxylic acids is 1. The molecule has 24 heavy (non-hydrogen) atoms. The molecule has 1 aliphatic carbocycles. The third-order valence-corrected chi connectivity index (χ3v) is 4.64. The van der Waals surface area contributed by atoms with Crippen LogP contribution in [-0.2, 0) is 11.3 Å². The van der Waals surface area contributed by atoms with E-state index in [-0.39, 0.29) is 18.6 Å². The highest BCUT2D eigenvalue weighted by Gasteiger charge is 2.21. The zero-order valence-corrected chi connectivity index (χ0v) is 13.4. The topological polar surface area (TPSA) is 73.6 Å². The molecule has 2 heterocycles. The number of aromatic nitrogens is 1. The summed E-state index contributed by atoms with van der Waals surface area (Å²) in [5, 5.41) is 7.01. The summed E-state index contributed by atoms with van der Waals surface area (Å²) in [7, 11) is 0. The van der Waals surface area contributed by atoms with Gasteiger partial charge in [0.15, 0.2) is 17.3 Å². The molecule has 6 heteroatoms. The maximum atomic E-state index is 12.2. The van der Waals surface area contributed by atoms with Crippen LogP contribution in [0.15, 0.2) is 28.8 Å². The zero-order chi connectivity index (χ0) is 16.4. The fourth-order valence-corrected chi connectivity index (χ4v) is 3.27. The summed E-state index contributed by atoms with van der Waals surface area (Å²) in [5.74, 6) is 2.37. The molecular formula is C18H20N2O4. The van der Waals surface area contributed by atoms with Crippen molar-refractivity contribution in [3.8, 4) is 22.8 Å². The van der Waals surface area contributed by atoms with Gasteiger partial charge in [-0.25, -0.2) is 0 Å². The Kier molecular flexibility index (Phi) is 4.11. The molecule has 126 valence electrons. The third-order valence-electron chi connectivity index (χ3n) is 4.64. The average molecular weight is 328 g/mol. The minimum atomic E-state index is 0.127. The quantitative estimate of drug-likeness (QED) is 0.932. The molecule has 1 amide bonds. The Balaban J connectivity index is 1.39. The van der Waals surface area contributed by atoms with Crippen LogP contribution in [0, 0.1) is 5.92 Å². The van der Waals surface area contributed by atoms with Crippen LogP contribution in [0.5, 0.6) is 11.5 Å². The van der Waals surface area contributed by atoms with Gasteiger partial charge in [0.25, 0.3) is 0 Å². The minimum Gasteiger partial charge on any atom is -0.454 e. The first-order chi connectivity index (χ1) is 11.8. The van der Waals surface area contributed by atoms with E-state index >= 15 is 0 Å². The molecule has 0 radical (unpaired) electrons. The van der Waals surface area contributed by atoms with Gasteiger partial charge in [0.2, 0.25) is 12.7 Å². The van der Waals surface area contributed by atoms with Crippen molar-refractivity contribution in [3.05, 3.63) is 30.0 Å². The Bertz CT molecular complexity index is 734. The number of fused-ring (bicyclic) bond motifs is 1. The molecule has 4 rings (SSSR count). The summed E-state index contributed by atoms with van der Waals surface area (Å²) in [6.45, 7) is 0.636. The van der Waals surface area contributed by atoms with E-state index in [4.69, 9.17) is 14.0 Å². The summed E-state index contributed by atoms with van der Waals surface area (Å²) >= 11 is 0. The fraction of sp³-hybridized carbons (Fsp3) is 0.444. The van der Waals surface area contributed by atoms with E-state index in [0.29, 0.717) is 23.7 Å². The predicted octanol–water partition coefficient (Wildman–Crippen LogP) is 3.27. The van der Waals surface area contributed by atoms with Crippen molar-refractivity contribution in [2.24, 2.45) is 5.92 Å². The fourth-order valence-electron chi connectivity index (χ4n) is 3.27. The van der Waals surface area contributed by atoms with Gasteiger partial charge < -0.3 is 19.3 Å². The van der Waals surface area contributed by atoms with E-state index < -0.39 is 0 Å². The van der Waals surface area contributed by atoms with Crippen LogP contribution in [-0.4, -0.2) is 17.9 Å². The lowest BCUT2D eigenvalue weighted by Crippen LogP contribution is -2.31. The molecule has 0 unspecified atom stereocenters. The molecule has 2 aromatic rings. The average Bonchev–Trinajstić information content (AvgIpc) is 3.29. The number of hydrogen-bond donors (Lipinski definition) is 1. The van der Waals surface area contributed by atoms with Gasteiger partial charge >= 0.3 is 0 Å². The molecular weight excluding hydrogens is 308 g/mol. The second-order valence-corrected chi connectivity index (χ2v) is 6.30. The van der Waals surface area contributed by atoms with Crippen LogP contribution >= 0.6 is 0 Å². The summed E-state index contributed by atoms with van der Waals surface area (Å²) in [4.78, 5) is 12.2. The highest BCUT2D eigenvalue weighted by Crippen LogP contribution is 2.36.